The Morgan fingerprint density at radius 3 is 2.63 bits per heavy atom. The topological polar surface area (TPSA) is 83.2 Å². The van der Waals surface area contributed by atoms with Crippen molar-refractivity contribution in [3.63, 3.8) is 0 Å². The number of nitrogens with zero attached hydrogens (tertiary/aromatic N) is 4. The third kappa shape index (κ3) is 4.21. The van der Waals surface area contributed by atoms with Crippen molar-refractivity contribution in [2.75, 3.05) is 7.05 Å². The number of aromatic nitrogens is 3. The average molecular weight is 390 g/mol. The Labute approximate surface area is 124 Å². The van der Waals surface area contributed by atoms with E-state index >= 15 is 0 Å². The van der Waals surface area contributed by atoms with E-state index < -0.39 is 12.0 Å². The molecule has 1 aromatic heterocycles. The quantitative estimate of drug-likeness (QED) is 0.464. The van der Waals surface area contributed by atoms with E-state index in [0.29, 0.717) is 12.0 Å². The normalized spacial score (nSPS) is 16.1. The fourth-order valence-electron chi connectivity index (χ4n) is 1.41. The van der Waals surface area contributed by atoms with E-state index in [1.807, 2.05) is 0 Å². The number of nitrogens with two attached hydrogens (primary N) is 1. The highest BCUT2D eigenvalue weighted by Crippen LogP contribution is 2.26. The second-order valence-electron chi connectivity index (χ2n) is 4.12. The van der Waals surface area contributed by atoms with Gasteiger partial charge in [-0.3, -0.25) is 5.10 Å². The van der Waals surface area contributed by atoms with Crippen LogP contribution in [0.3, 0.4) is 0 Å². The molecule has 0 saturated heterocycles. The number of rotatable bonds is 3. The molecule has 0 aromatic carbocycles. The van der Waals surface area contributed by atoms with Crippen LogP contribution in [0.2, 0.25) is 0 Å². The molecule has 2 rings (SSSR count). The lowest BCUT2D eigenvalue weighted by Crippen LogP contribution is -2.35. The van der Waals surface area contributed by atoms with Gasteiger partial charge in [-0.2, -0.15) is 13.2 Å². The van der Waals surface area contributed by atoms with Crippen molar-refractivity contribution in [2.24, 2.45) is 10.7 Å². The summed E-state index contributed by atoms with van der Waals surface area (Å²) < 4.78 is 36.7. The summed E-state index contributed by atoms with van der Waals surface area (Å²) in [7, 11) is 1.80. The summed E-state index contributed by atoms with van der Waals surface area (Å²) in [5.74, 6) is -0.862. The average Bonchev–Trinajstić information content (AvgIpc) is 3.02. The predicted octanol–water partition coefficient (Wildman–Crippen LogP) is 1.35. The first kappa shape index (κ1) is 16.0. The summed E-state index contributed by atoms with van der Waals surface area (Å²) >= 11 is 0. The number of H-pyrrole nitrogens is 1. The first-order valence-corrected chi connectivity index (χ1v) is 5.39. The SMILES string of the molecule is CN(C(N)=NCc1nc(C(F)(F)F)n[nH]1)C1CC1.I. The summed E-state index contributed by atoms with van der Waals surface area (Å²) in [4.78, 5) is 9.08. The van der Waals surface area contributed by atoms with Crippen LogP contribution in [-0.2, 0) is 12.7 Å². The standard InChI is InChI=1S/C9H13F3N6.HI/c1-18(5-2-3-5)8(13)14-4-6-15-7(17-16-6)9(10,11)12;/h5H,2-4H2,1H3,(H2,13,14)(H,15,16,17);1H. The summed E-state index contributed by atoms with van der Waals surface area (Å²) in [6, 6.07) is 0.397. The van der Waals surface area contributed by atoms with E-state index in [1.54, 1.807) is 11.9 Å². The molecule has 0 atom stereocenters. The molecule has 1 heterocycles. The molecule has 19 heavy (non-hydrogen) atoms. The monoisotopic (exact) mass is 390 g/mol. The summed E-state index contributed by atoms with van der Waals surface area (Å²) in [5, 5.41) is 5.26. The van der Waals surface area contributed by atoms with Crippen molar-refractivity contribution in [1.82, 2.24) is 20.1 Å². The van der Waals surface area contributed by atoms with E-state index in [1.165, 1.54) is 0 Å². The zero-order chi connectivity index (χ0) is 13.3. The molecule has 108 valence electrons. The minimum Gasteiger partial charge on any atom is -0.370 e. The Morgan fingerprint density at radius 1 is 1.53 bits per heavy atom. The third-order valence-corrected chi connectivity index (χ3v) is 2.63. The van der Waals surface area contributed by atoms with Crippen molar-refractivity contribution in [3.8, 4) is 0 Å². The molecule has 1 saturated carbocycles. The molecule has 1 aromatic rings. The van der Waals surface area contributed by atoms with Gasteiger partial charge in [0.25, 0.3) is 5.82 Å². The maximum Gasteiger partial charge on any atom is 0.453 e. The number of nitrogens with one attached hydrogen (secondary N) is 1. The van der Waals surface area contributed by atoms with Gasteiger partial charge in [0.2, 0.25) is 0 Å². The molecule has 6 nitrogen and oxygen atoms in total. The number of halogens is 4. The van der Waals surface area contributed by atoms with E-state index in [2.05, 4.69) is 20.2 Å². The van der Waals surface area contributed by atoms with E-state index in [-0.39, 0.29) is 36.3 Å². The molecule has 0 unspecified atom stereocenters. The van der Waals surface area contributed by atoms with Crippen LogP contribution < -0.4 is 5.73 Å². The molecule has 10 heteroatoms. The molecule has 0 amide bonds. The van der Waals surface area contributed by atoms with Gasteiger partial charge in [0.15, 0.2) is 5.96 Å². The van der Waals surface area contributed by atoms with Crippen LogP contribution in [0, 0.1) is 0 Å². The third-order valence-electron chi connectivity index (χ3n) is 2.63. The highest BCUT2D eigenvalue weighted by atomic mass is 127. The summed E-state index contributed by atoms with van der Waals surface area (Å²) in [5.41, 5.74) is 5.69. The van der Waals surface area contributed by atoms with Gasteiger partial charge in [-0.1, -0.05) is 0 Å². The largest absolute Gasteiger partial charge is 0.453 e. The lowest BCUT2D eigenvalue weighted by Gasteiger charge is -2.16. The van der Waals surface area contributed by atoms with Crippen LogP contribution in [0.25, 0.3) is 0 Å². The number of hydrogen-bond acceptors (Lipinski definition) is 3. The molecule has 3 N–H and O–H groups in total. The Morgan fingerprint density at radius 2 is 2.16 bits per heavy atom. The molecule has 1 fully saturated rings. The zero-order valence-electron chi connectivity index (χ0n) is 10.1. The second kappa shape index (κ2) is 5.92. The molecular formula is C9H14F3IN6. The lowest BCUT2D eigenvalue weighted by molar-refractivity contribution is -0.144. The smallest absolute Gasteiger partial charge is 0.370 e. The predicted molar refractivity (Wildman–Crippen MR) is 72.9 cm³/mol. The van der Waals surface area contributed by atoms with Crippen LogP contribution in [0.5, 0.6) is 0 Å². The second-order valence-corrected chi connectivity index (χ2v) is 4.12. The van der Waals surface area contributed by atoms with Crippen LogP contribution in [-0.4, -0.2) is 39.1 Å². The molecule has 0 radical (unpaired) electrons. The van der Waals surface area contributed by atoms with Crippen molar-refractivity contribution < 1.29 is 13.2 Å². The maximum absolute atomic E-state index is 12.2. The fourth-order valence-corrected chi connectivity index (χ4v) is 1.41. The first-order chi connectivity index (χ1) is 8.38. The van der Waals surface area contributed by atoms with Crippen molar-refractivity contribution in [1.29, 1.82) is 0 Å². The zero-order valence-corrected chi connectivity index (χ0v) is 12.4. The van der Waals surface area contributed by atoms with Gasteiger partial charge >= 0.3 is 6.18 Å². The van der Waals surface area contributed by atoms with Crippen LogP contribution in [0.1, 0.15) is 24.5 Å². The number of aromatic amines is 1. The lowest BCUT2D eigenvalue weighted by atomic mass is 10.5. The Hall–Kier alpha value is -1.07. The first-order valence-electron chi connectivity index (χ1n) is 5.39. The van der Waals surface area contributed by atoms with E-state index in [0.717, 1.165) is 12.8 Å². The molecule has 1 aliphatic carbocycles. The van der Waals surface area contributed by atoms with Gasteiger partial charge in [0, 0.05) is 13.1 Å². The Bertz CT molecular complexity index is 453. The fraction of sp³-hybridized carbons (Fsp3) is 0.667. The van der Waals surface area contributed by atoms with Crippen LogP contribution in [0.4, 0.5) is 13.2 Å². The molecule has 1 aliphatic rings. The van der Waals surface area contributed by atoms with Crippen molar-refractivity contribution >= 4 is 29.9 Å². The minimum atomic E-state index is -4.55. The molecule has 0 spiro atoms. The van der Waals surface area contributed by atoms with Crippen molar-refractivity contribution in [3.05, 3.63) is 11.6 Å². The van der Waals surface area contributed by atoms with E-state index in [4.69, 9.17) is 5.73 Å². The van der Waals surface area contributed by atoms with Gasteiger partial charge in [-0.05, 0) is 12.8 Å². The van der Waals surface area contributed by atoms with Gasteiger partial charge in [0.1, 0.15) is 12.4 Å². The number of alkyl halides is 3. The van der Waals surface area contributed by atoms with Gasteiger partial charge in [-0.15, -0.1) is 29.1 Å². The van der Waals surface area contributed by atoms with Crippen LogP contribution in [0.15, 0.2) is 4.99 Å². The molecule has 0 bridgehead atoms. The van der Waals surface area contributed by atoms with Crippen molar-refractivity contribution in [2.45, 2.75) is 31.6 Å². The number of aliphatic imine (C=N–C) groups is 1. The Kier molecular flexibility index (Phi) is 4.98. The number of hydrogen-bond donors (Lipinski definition) is 2. The highest BCUT2D eigenvalue weighted by molar-refractivity contribution is 14.0. The van der Waals surface area contributed by atoms with Gasteiger partial charge < -0.3 is 10.6 Å². The molecule has 0 aliphatic heterocycles. The highest BCUT2D eigenvalue weighted by Gasteiger charge is 2.36. The Balaban J connectivity index is 0.00000180. The van der Waals surface area contributed by atoms with Crippen LogP contribution >= 0.6 is 24.0 Å². The summed E-state index contributed by atoms with van der Waals surface area (Å²) in [6.45, 7) is -0.0496. The van der Waals surface area contributed by atoms with Gasteiger partial charge in [0.05, 0.1) is 0 Å². The summed E-state index contributed by atoms with van der Waals surface area (Å²) in [6.07, 6.45) is -2.42. The minimum absolute atomic E-state index is 0. The van der Waals surface area contributed by atoms with E-state index in [9.17, 15) is 13.2 Å². The van der Waals surface area contributed by atoms with Gasteiger partial charge in [-0.25, -0.2) is 9.98 Å². The maximum atomic E-state index is 12.2. The number of guanidine groups is 1. The molecular weight excluding hydrogens is 376 g/mol.